The summed E-state index contributed by atoms with van der Waals surface area (Å²) in [7, 11) is 16.9. The molecule has 23 nitrogen and oxygen atoms in total. The van der Waals surface area contributed by atoms with Crippen molar-refractivity contribution in [1.82, 2.24) is 69.2 Å². The Labute approximate surface area is 538 Å². The van der Waals surface area contributed by atoms with Crippen LogP contribution in [0.25, 0.3) is 28.5 Å². The van der Waals surface area contributed by atoms with E-state index >= 15 is 0 Å². The molecule has 12 heterocycles. The molecule has 12 rings (SSSR count). The minimum absolute atomic E-state index is 0. The maximum atomic E-state index is 13.4. The standard InChI is InChI=1S/C29H31N9O2.C12H20N4.C12H16N4.C6H3BrN2.C6H14N2.CH4/c1-18-13-32-23-10-7-20(17-38(18)23)25-27(29-31-11-12-40-29)35-28(30)26(34-25)22(39)9-8-21-5-4-6-24(33-21)37-15-19(16-37)14-36(2)3;2*1-15(2)7-10-8-16(9-10)12-5-3-4-11(6-13)14-12;7-6-3-1-2-5(4-8)9-6;1-8(2)5-6-3-7-4-6;/h4-7,10-13,17,19H,8-9,14-16H2,1-3H3,(H2,30,35);3-5,10H,6-9,13H2,1-2H3;3-5,10H,7-9H2,1-2H3;1-3H;6-7H,3-5H2,1-2H3;1H4. The van der Waals surface area contributed by atoms with E-state index in [1.54, 1.807) is 30.5 Å². The number of pyridine rings is 5. The number of rotatable bonds is 18. The summed E-state index contributed by atoms with van der Waals surface area (Å²) in [6, 6.07) is 30.6. The van der Waals surface area contributed by atoms with E-state index in [0.717, 1.165) is 122 Å². The van der Waals surface area contributed by atoms with E-state index < -0.39 is 0 Å². The van der Waals surface area contributed by atoms with Crippen molar-refractivity contribution in [3.63, 3.8) is 0 Å². The van der Waals surface area contributed by atoms with E-state index in [4.69, 9.17) is 36.4 Å². The van der Waals surface area contributed by atoms with Crippen LogP contribution in [0.1, 0.15) is 52.8 Å². The predicted molar refractivity (Wildman–Crippen MR) is 360 cm³/mol. The molecule has 0 aromatic carbocycles. The molecule has 0 aliphatic carbocycles. The first kappa shape index (κ1) is 69.1. The summed E-state index contributed by atoms with van der Waals surface area (Å²) in [6.45, 7) is 15.8. The number of nitrogens with zero attached hydrogens (tertiary/aromatic N) is 18. The van der Waals surface area contributed by atoms with Gasteiger partial charge in [0, 0.05) is 139 Å². The Morgan fingerprint density at radius 2 is 1.16 bits per heavy atom. The largest absolute Gasteiger partial charge is 0.443 e. The number of anilines is 4. The summed E-state index contributed by atoms with van der Waals surface area (Å²) in [5.74, 6) is 6.12. The molecule has 90 heavy (non-hydrogen) atoms. The highest BCUT2D eigenvalue weighted by Gasteiger charge is 2.31. The lowest BCUT2D eigenvalue weighted by Gasteiger charge is -2.41. The van der Waals surface area contributed by atoms with Gasteiger partial charge < -0.3 is 59.9 Å². The van der Waals surface area contributed by atoms with Gasteiger partial charge in [-0.3, -0.25) is 4.79 Å². The fourth-order valence-corrected chi connectivity index (χ4v) is 11.1. The van der Waals surface area contributed by atoms with E-state index in [1.165, 1.54) is 32.1 Å². The van der Waals surface area contributed by atoms with E-state index in [2.05, 4.69) is 154 Å². The molecule has 24 heteroatoms. The molecule has 0 atom stereocenters. The predicted octanol–water partition coefficient (Wildman–Crippen LogP) is 7.15. The lowest BCUT2D eigenvalue weighted by Crippen LogP contribution is -2.51. The number of nitrogens with two attached hydrogens (primary N) is 2. The van der Waals surface area contributed by atoms with Crippen LogP contribution in [-0.4, -0.2) is 205 Å². The van der Waals surface area contributed by atoms with Crippen molar-refractivity contribution in [2.75, 3.05) is 155 Å². The van der Waals surface area contributed by atoms with Gasteiger partial charge in [0.2, 0.25) is 5.89 Å². The number of imidazole rings is 1. The number of carbonyl (C=O) groups excluding carboxylic acids is 1. The number of carbonyl (C=O) groups is 1. The summed E-state index contributed by atoms with van der Waals surface area (Å²) in [5, 5.41) is 20.3. The Balaban J connectivity index is 0.000000188. The number of oxazole rings is 1. The molecule has 4 aliphatic heterocycles. The Kier molecular flexibility index (Phi) is 25.7. The Bertz CT molecular complexity index is 3630. The van der Waals surface area contributed by atoms with Gasteiger partial charge in [-0.1, -0.05) is 31.7 Å². The van der Waals surface area contributed by atoms with Crippen LogP contribution in [0.2, 0.25) is 0 Å². The number of aromatic nitrogens is 9. The van der Waals surface area contributed by atoms with E-state index in [9.17, 15) is 4.79 Å². The van der Waals surface area contributed by atoms with Crippen molar-refractivity contribution in [2.24, 2.45) is 29.4 Å². The zero-order chi connectivity index (χ0) is 63.6. The van der Waals surface area contributed by atoms with Crippen LogP contribution in [0.3, 0.4) is 0 Å². The number of hydrogen-bond donors (Lipinski definition) is 3. The van der Waals surface area contributed by atoms with Gasteiger partial charge in [-0.15, -0.1) is 0 Å². The average Bonchev–Trinajstić information content (AvgIpc) is 1.47. The molecule has 0 bridgehead atoms. The van der Waals surface area contributed by atoms with Crippen LogP contribution >= 0.6 is 15.9 Å². The van der Waals surface area contributed by atoms with Gasteiger partial charge >= 0.3 is 0 Å². The third-order valence-electron chi connectivity index (χ3n) is 15.1. The van der Waals surface area contributed by atoms with E-state index in [-0.39, 0.29) is 37.0 Å². The zero-order valence-electron chi connectivity index (χ0n) is 52.7. The SMILES string of the molecule is C.CN(C)CC1CN(c2cccc(C#N)n2)C1.CN(C)CC1CN(c2cccc(CN)n2)C1.CN(C)CC1CNC1.Cc1cnc2ccc(-c3nc(C(=O)CCc4cccc(N5CC(CN(C)C)C5)n4)c(N)nc3-c3ncco3)cn12.N#Cc1cccc(Br)n1. The lowest BCUT2D eigenvalue weighted by molar-refractivity contribution is 0.0978. The van der Waals surface area contributed by atoms with Crippen molar-refractivity contribution in [3.05, 3.63) is 149 Å². The highest BCUT2D eigenvalue weighted by Crippen LogP contribution is 2.32. The summed E-state index contributed by atoms with van der Waals surface area (Å²) in [6.07, 6.45) is 7.37. The Morgan fingerprint density at radius 1 is 0.644 bits per heavy atom. The van der Waals surface area contributed by atoms with Crippen LogP contribution in [-0.2, 0) is 13.0 Å². The summed E-state index contributed by atoms with van der Waals surface area (Å²) in [5.41, 5.74) is 18.1. The maximum Gasteiger partial charge on any atom is 0.247 e. The lowest BCUT2D eigenvalue weighted by atomic mass is 10.00. The van der Waals surface area contributed by atoms with Gasteiger partial charge in [0.05, 0.1) is 11.9 Å². The second-order valence-corrected chi connectivity index (χ2v) is 24.8. The molecule has 4 aliphatic rings. The summed E-state index contributed by atoms with van der Waals surface area (Å²) >= 11 is 3.14. The molecule has 0 radical (unpaired) electrons. The minimum atomic E-state index is -0.202. The third-order valence-corrected chi connectivity index (χ3v) is 15.5. The van der Waals surface area contributed by atoms with Gasteiger partial charge in [0.25, 0.3) is 0 Å². The van der Waals surface area contributed by atoms with Crippen molar-refractivity contribution in [3.8, 4) is 35.0 Å². The molecular formula is C66H88BrN21O2. The zero-order valence-corrected chi connectivity index (χ0v) is 54.3. The number of ketones is 1. The Hall–Kier alpha value is -8.33. The first-order valence-corrected chi connectivity index (χ1v) is 30.7. The van der Waals surface area contributed by atoms with Crippen LogP contribution in [0.15, 0.2) is 119 Å². The van der Waals surface area contributed by atoms with Gasteiger partial charge in [0.1, 0.15) is 68.9 Å². The molecule has 0 unspecified atom stereocenters. The molecule has 4 saturated heterocycles. The molecule has 8 aromatic rings. The molecular weight excluding hydrogens is 1200 g/mol. The Morgan fingerprint density at radius 3 is 1.63 bits per heavy atom. The highest BCUT2D eigenvalue weighted by molar-refractivity contribution is 9.10. The number of fused-ring (bicyclic) bond motifs is 1. The summed E-state index contributed by atoms with van der Waals surface area (Å²) in [4.78, 5) is 64.4. The van der Waals surface area contributed by atoms with Crippen molar-refractivity contribution in [1.29, 1.82) is 10.5 Å². The second kappa shape index (κ2) is 33.5. The molecule has 4 fully saturated rings. The molecule has 5 N–H and O–H groups in total. The second-order valence-electron chi connectivity index (χ2n) is 24.0. The molecule has 476 valence electrons. The van der Waals surface area contributed by atoms with E-state index in [1.807, 2.05) is 78.2 Å². The van der Waals surface area contributed by atoms with Gasteiger partial charge in [-0.05, 0) is 152 Å². The molecule has 0 saturated carbocycles. The van der Waals surface area contributed by atoms with Crippen LogP contribution in [0.4, 0.5) is 23.3 Å². The van der Waals surface area contributed by atoms with Gasteiger partial charge in [0.15, 0.2) is 17.3 Å². The minimum Gasteiger partial charge on any atom is -0.443 e. The number of nitrogens with one attached hydrogen (secondary N) is 1. The number of halogens is 1. The molecule has 0 amide bonds. The number of nitrogen functional groups attached to an aromatic ring is 1. The van der Waals surface area contributed by atoms with Crippen molar-refractivity contribution in [2.45, 2.75) is 33.7 Å². The molecule has 8 aromatic heterocycles. The van der Waals surface area contributed by atoms with Crippen molar-refractivity contribution >= 4 is 50.6 Å². The fourth-order valence-electron chi connectivity index (χ4n) is 10.8. The quantitative estimate of drug-likeness (QED) is 0.0568. The maximum absolute atomic E-state index is 13.4. The smallest absolute Gasteiger partial charge is 0.247 e. The number of nitriles is 2. The van der Waals surface area contributed by atoms with Crippen LogP contribution in [0.5, 0.6) is 0 Å². The average molecular weight is 1290 g/mol. The molecule has 0 spiro atoms. The normalized spacial score (nSPS) is 14.7. The fraction of sp³-hybridized carbons (Fsp3) is 0.439. The number of hydrogen-bond acceptors (Lipinski definition) is 22. The first-order chi connectivity index (χ1) is 42.8. The van der Waals surface area contributed by atoms with Gasteiger partial charge in [-0.25, -0.2) is 39.9 Å². The third kappa shape index (κ3) is 19.8. The van der Waals surface area contributed by atoms with Gasteiger partial charge in [-0.2, -0.15) is 10.5 Å². The number of Topliss-reactive ketones (excluding diaryl/α,β-unsaturated/α-hetero) is 1. The highest BCUT2D eigenvalue weighted by atomic mass is 79.9. The first-order valence-electron chi connectivity index (χ1n) is 30.0. The van der Waals surface area contributed by atoms with Crippen LogP contribution < -0.4 is 31.5 Å². The topological polar surface area (TPSA) is 272 Å². The summed E-state index contributed by atoms with van der Waals surface area (Å²) < 4.78 is 8.17. The number of aryl methyl sites for hydroxylation is 2. The van der Waals surface area contributed by atoms with E-state index in [0.29, 0.717) is 46.3 Å². The van der Waals surface area contributed by atoms with Crippen LogP contribution in [0, 0.1) is 53.3 Å². The monoisotopic (exact) mass is 1290 g/mol. The van der Waals surface area contributed by atoms with Crippen molar-refractivity contribution < 1.29 is 9.21 Å².